The lowest BCUT2D eigenvalue weighted by Gasteiger charge is -2.50. The summed E-state index contributed by atoms with van der Waals surface area (Å²) < 4.78 is 0. The van der Waals surface area contributed by atoms with Crippen molar-refractivity contribution in [1.82, 2.24) is 0 Å². The van der Waals surface area contributed by atoms with Crippen molar-refractivity contribution in [3.8, 4) is 0 Å². The highest BCUT2D eigenvalue weighted by molar-refractivity contribution is 6.31. The molecule has 4 rings (SSSR count). The molecule has 1 aliphatic heterocycles. The second kappa shape index (κ2) is 6.01. The van der Waals surface area contributed by atoms with E-state index in [4.69, 9.17) is 11.6 Å². The zero-order valence-corrected chi connectivity index (χ0v) is 18.4. The van der Waals surface area contributed by atoms with Crippen molar-refractivity contribution in [2.45, 2.75) is 83.6 Å². The van der Waals surface area contributed by atoms with Gasteiger partial charge in [-0.2, -0.15) is 0 Å². The molecule has 1 unspecified atom stereocenters. The Balaban J connectivity index is 1.98. The van der Waals surface area contributed by atoms with Crippen LogP contribution in [0.25, 0.3) is 0 Å². The molecule has 144 valence electrons. The predicted octanol–water partition coefficient (Wildman–Crippen LogP) is 7.69. The van der Waals surface area contributed by atoms with Crippen molar-refractivity contribution in [3.05, 3.63) is 58.1 Å². The van der Waals surface area contributed by atoms with E-state index in [-0.39, 0.29) is 16.4 Å². The second-order valence-electron chi connectivity index (χ2n) is 10.1. The molecule has 1 aliphatic carbocycles. The predicted molar refractivity (Wildman–Crippen MR) is 118 cm³/mol. The van der Waals surface area contributed by atoms with E-state index < -0.39 is 0 Å². The van der Waals surface area contributed by atoms with Crippen LogP contribution in [0.15, 0.2) is 36.4 Å². The summed E-state index contributed by atoms with van der Waals surface area (Å²) in [6, 6.07) is 13.7. The van der Waals surface area contributed by atoms with E-state index in [9.17, 15) is 0 Å². The van der Waals surface area contributed by atoms with Gasteiger partial charge in [-0.25, -0.2) is 0 Å². The number of nitrogens with zero attached hydrogens (tertiary/aromatic N) is 1. The average molecular weight is 382 g/mol. The standard InChI is InChI=1S/C25H32ClN/c1-17-13-19(26)16-20(14-17)27-22-10-9-18(23(2,3)4)15-21(22)24(5)11-7-8-12-25(24,27)6/h9-10,13-16H,7-8,11-12H2,1-6H3/t24-,25?/m1/s1. The first-order valence-corrected chi connectivity index (χ1v) is 10.7. The van der Waals surface area contributed by atoms with Crippen LogP contribution in [0.1, 0.15) is 77.0 Å². The van der Waals surface area contributed by atoms with Gasteiger partial charge in [-0.1, -0.05) is 64.3 Å². The van der Waals surface area contributed by atoms with Crippen molar-refractivity contribution in [1.29, 1.82) is 0 Å². The summed E-state index contributed by atoms with van der Waals surface area (Å²) >= 11 is 6.47. The second-order valence-corrected chi connectivity index (χ2v) is 10.6. The Morgan fingerprint density at radius 3 is 2.33 bits per heavy atom. The van der Waals surface area contributed by atoms with Crippen molar-refractivity contribution < 1.29 is 0 Å². The highest BCUT2D eigenvalue weighted by atomic mass is 35.5. The number of hydrogen-bond acceptors (Lipinski definition) is 1. The Kier molecular flexibility index (Phi) is 4.20. The molecule has 2 aliphatic rings. The van der Waals surface area contributed by atoms with Crippen LogP contribution in [0, 0.1) is 6.92 Å². The maximum absolute atomic E-state index is 6.47. The molecule has 1 nitrogen and oxygen atoms in total. The SMILES string of the molecule is Cc1cc(Cl)cc(N2c3ccc(C(C)(C)C)cc3[C@@]3(C)CCCCC23C)c1. The summed E-state index contributed by atoms with van der Waals surface area (Å²) in [5, 5.41) is 0.825. The first kappa shape index (κ1) is 18.9. The first-order valence-electron chi connectivity index (χ1n) is 10.3. The van der Waals surface area contributed by atoms with Crippen LogP contribution < -0.4 is 4.90 Å². The van der Waals surface area contributed by atoms with Crippen LogP contribution in [0.3, 0.4) is 0 Å². The largest absolute Gasteiger partial charge is 0.334 e. The molecule has 0 spiro atoms. The molecule has 2 aromatic rings. The van der Waals surface area contributed by atoms with Gasteiger partial charge in [0.25, 0.3) is 0 Å². The molecule has 2 atom stereocenters. The number of fused-ring (bicyclic) bond motifs is 3. The summed E-state index contributed by atoms with van der Waals surface area (Å²) in [4.78, 5) is 2.60. The van der Waals surface area contributed by atoms with Gasteiger partial charge in [-0.15, -0.1) is 0 Å². The minimum atomic E-state index is 0.0845. The molecule has 1 saturated carbocycles. The van der Waals surface area contributed by atoms with E-state index in [0.29, 0.717) is 0 Å². The first-order chi connectivity index (χ1) is 12.6. The van der Waals surface area contributed by atoms with E-state index in [1.54, 1.807) is 0 Å². The van der Waals surface area contributed by atoms with Gasteiger partial charge < -0.3 is 4.90 Å². The van der Waals surface area contributed by atoms with Crippen LogP contribution in [0.2, 0.25) is 5.02 Å². The fourth-order valence-corrected chi connectivity index (χ4v) is 5.74. The summed E-state index contributed by atoms with van der Waals surface area (Å²) in [7, 11) is 0. The number of aryl methyl sites for hydroxylation is 1. The van der Waals surface area contributed by atoms with Gasteiger partial charge in [0.1, 0.15) is 0 Å². The molecule has 2 aromatic carbocycles. The van der Waals surface area contributed by atoms with Crippen molar-refractivity contribution in [2.24, 2.45) is 0 Å². The van der Waals surface area contributed by atoms with E-state index in [1.807, 2.05) is 6.07 Å². The van der Waals surface area contributed by atoms with Crippen LogP contribution >= 0.6 is 11.6 Å². The maximum atomic E-state index is 6.47. The van der Waals surface area contributed by atoms with E-state index >= 15 is 0 Å². The van der Waals surface area contributed by atoms with Gasteiger partial charge >= 0.3 is 0 Å². The Morgan fingerprint density at radius 2 is 1.67 bits per heavy atom. The third-order valence-corrected chi connectivity index (χ3v) is 7.47. The maximum Gasteiger partial charge on any atom is 0.0517 e. The Labute approximate surface area is 169 Å². The normalized spacial score (nSPS) is 27.4. The van der Waals surface area contributed by atoms with Crippen LogP contribution in [-0.4, -0.2) is 5.54 Å². The van der Waals surface area contributed by atoms with Gasteiger partial charge in [0.15, 0.2) is 0 Å². The van der Waals surface area contributed by atoms with E-state index in [0.717, 1.165) is 5.02 Å². The number of rotatable bonds is 1. The molecule has 0 N–H and O–H groups in total. The van der Waals surface area contributed by atoms with Crippen molar-refractivity contribution >= 4 is 23.0 Å². The molecule has 27 heavy (non-hydrogen) atoms. The monoisotopic (exact) mass is 381 g/mol. The Morgan fingerprint density at radius 1 is 0.963 bits per heavy atom. The molecule has 0 bridgehead atoms. The molecule has 0 aromatic heterocycles. The minimum absolute atomic E-state index is 0.0845. The zero-order valence-electron chi connectivity index (χ0n) is 17.6. The molecule has 1 fully saturated rings. The number of anilines is 2. The highest BCUT2D eigenvalue weighted by Crippen LogP contribution is 2.61. The lowest BCUT2D eigenvalue weighted by atomic mass is 9.61. The van der Waals surface area contributed by atoms with E-state index in [1.165, 1.54) is 53.7 Å². The van der Waals surface area contributed by atoms with Gasteiger partial charge in [0, 0.05) is 21.8 Å². The van der Waals surface area contributed by atoms with E-state index in [2.05, 4.69) is 76.8 Å². The summed E-state index contributed by atoms with van der Waals surface area (Å²) in [5.74, 6) is 0. The minimum Gasteiger partial charge on any atom is -0.334 e. The Bertz CT molecular complexity index is 873. The third-order valence-electron chi connectivity index (χ3n) is 7.26. The molecule has 1 heterocycles. The van der Waals surface area contributed by atoms with Gasteiger partial charge in [-0.3, -0.25) is 0 Å². The third kappa shape index (κ3) is 2.73. The summed E-state index contributed by atoms with van der Waals surface area (Å²) in [6.45, 7) is 14.0. The topological polar surface area (TPSA) is 3.24 Å². The summed E-state index contributed by atoms with van der Waals surface area (Å²) in [5.41, 5.74) is 7.19. The lowest BCUT2D eigenvalue weighted by molar-refractivity contribution is 0.194. The molecular formula is C25H32ClN. The number of benzene rings is 2. The van der Waals surface area contributed by atoms with Crippen LogP contribution in [0.4, 0.5) is 11.4 Å². The zero-order chi connectivity index (χ0) is 19.6. The van der Waals surface area contributed by atoms with Gasteiger partial charge in [0.2, 0.25) is 0 Å². The number of hydrogen-bond donors (Lipinski definition) is 0. The van der Waals surface area contributed by atoms with Crippen LogP contribution in [-0.2, 0) is 10.8 Å². The molecule has 0 radical (unpaired) electrons. The average Bonchev–Trinajstić information content (AvgIpc) is 2.77. The van der Waals surface area contributed by atoms with Gasteiger partial charge in [-0.05, 0) is 73.1 Å². The fraction of sp³-hybridized carbons (Fsp3) is 0.520. The molecule has 0 saturated heterocycles. The molecule has 0 amide bonds. The Hall–Kier alpha value is -1.47. The quantitative estimate of drug-likeness (QED) is 0.489. The molecular weight excluding hydrogens is 350 g/mol. The van der Waals surface area contributed by atoms with Crippen molar-refractivity contribution in [3.63, 3.8) is 0 Å². The highest BCUT2D eigenvalue weighted by Gasteiger charge is 2.57. The summed E-state index contributed by atoms with van der Waals surface area (Å²) in [6.07, 6.45) is 5.07. The smallest absolute Gasteiger partial charge is 0.0517 e. The number of halogens is 1. The van der Waals surface area contributed by atoms with Crippen molar-refractivity contribution in [2.75, 3.05) is 4.90 Å². The van der Waals surface area contributed by atoms with Crippen LogP contribution in [0.5, 0.6) is 0 Å². The molecule has 2 heteroatoms. The fourth-order valence-electron chi connectivity index (χ4n) is 5.45. The lowest BCUT2D eigenvalue weighted by Crippen LogP contribution is -2.54. The van der Waals surface area contributed by atoms with Gasteiger partial charge in [0.05, 0.1) is 5.54 Å².